The van der Waals surface area contributed by atoms with E-state index in [-0.39, 0.29) is 11.8 Å². The van der Waals surface area contributed by atoms with E-state index in [1.807, 2.05) is 84.6 Å². The standard InChI is InChI=1S/C29H30N2O3/c1-4-30(19-22-11-7-5-8-12-22)27-26(23-15-17-25(18-16-23)34-20-21(2)3)28(32)31(29(27)33)24-13-9-6-10-14-24/h5-18,21H,4,19-20H2,1-3H3. The molecule has 3 aromatic carbocycles. The average Bonchev–Trinajstić information content (AvgIpc) is 3.12. The van der Waals surface area contributed by atoms with E-state index < -0.39 is 0 Å². The molecular formula is C29H30N2O3. The SMILES string of the molecule is CCN(Cc1ccccc1)C1=C(c2ccc(OCC(C)C)cc2)C(=O)N(c2ccccc2)C1=O. The van der Waals surface area contributed by atoms with Crippen LogP contribution in [0.5, 0.6) is 5.75 Å². The molecule has 174 valence electrons. The van der Waals surface area contributed by atoms with Gasteiger partial charge in [0.1, 0.15) is 11.4 Å². The molecule has 2 amide bonds. The Kier molecular flexibility index (Phi) is 7.12. The number of rotatable bonds is 9. The zero-order valence-corrected chi connectivity index (χ0v) is 19.9. The Hall–Kier alpha value is -3.86. The zero-order chi connectivity index (χ0) is 24.1. The first-order chi connectivity index (χ1) is 16.5. The van der Waals surface area contributed by atoms with Gasteiger partial charge in [-0.15, -0.1) is 0 Å². The summed E-state index contributed by atoms with van der Waals surface area (Å²) in [5.74, 6) is 0.546. The molecule has 1 aliphatic heterocycles. The maximum absolute atomic E-state index is 13.7. The molecule has 5 nitrogen and oxygen atoms in total. The summed E-state index contributed by atoms with van der Waals surface area (Å²) in [6, 6.07) is 26.5. The third kappa shape index (κ3) is 4.88. The number of hydrogen-bond acceptors (Lipinski definition) is 4. The van der Waals surface area contributed by atoms with Crippen LogP contribution in [-0.4, -0.2) is 29.9 Å². The molecule has 5 heteroatoms. The lowest BCUT2D eigenvalue weighted by Crippen LogP contribution is -2.35. The molecule has 0 aromatic heterocycles. The van der Waals surface area contributed by atoms with Crippen molar-refractivity contribution < 1.29 is 14.3 Å². The van der Waals surface area contributed by atoms with Crippen LogP contribution in [0.4, 0.5) is 5.69 Å². The van der Waals surface area contributed by atoms with Crippen molar-refractivity contribution in [2.75, 3.05) is 18.1 Å². The number of likely N-dealkylation sites (N-methyl/N-ethyl adjacent to an activating group) is 1. The summed E-state index contributed by atoms with van der Waals surface area (Å²) in [5.41, 5.74) is 3.19. The first kappa shape index (κ1) is 23.3. The summed E-state index contributed by atoms with van der Waals surface area (Å²) in [6.07, 6.45) is 0. The number of carbonyl (C=O) groups excluding carboxylic acids is 2. The van der Waals surface area contributed by atoms with Gasteiger partial charge >= 0.3 is 0 Å². The molecule has 0 aliphatic carbocycles. The Bertz CT molecular complexity index is 1170. The van der Waals surface area contributed by atoms with Gasteiger partial charge in [0.2, 0.25) is 0 Å². The quantitative estimate of drug-likeness (QED) is 0.399. The van der Waals surface area contributed by atoms with Crippen LogP contribution in [-0.2, 0) is 16.1 Å². The highest BCUT2D eigenvalue weighted by atomic mass is 16.5. The van der Waals surface area contributed by atoms with Crippen LogP contribution in [0.2, 0.25) is 0 Å². The molecule has 34 heavy (non-hydrogen) atoms. The first-order valence-corrected chi connectivity index (χ1v) is 11.7. The van der Waals surface area contributed by atoms with Crippen LogP contribution < -0.4 is 9.64 Å². The van der Waals surface area contributed by atoms with E-state index in [1.165, 1.54) is 4.90 Å². The molecule has 0 saturated carbocycles. The molecule has 1 heterocycles. The molecule has 0 bridgehead atoms. The predicted octanol–water partition coefficient (Wildman–Crippen LogP) is 5.53. The van der Waals surface area contributed by atoms with Crippen molar-refractivity contribution in [1.82, 2.24) is 4.90 Å². The van der Waals surface area contributed by atoms with Gasteiger partial charge in [-0.2, -0.15) is 0 Å². The Morgan fingerprint density at radius 3 is 2.03 bits per heavy atom. The lowest BCUT2D eigenvalue weighted by Gasteiger charge is -2.25. The van der Waals surface area contributed by atoms with E-state index in [0.29, 0.717) is 48.1 Å². The molecule has 0 atom stereocenters. The highest BCUT2D eigenvalue weighted by molar-refractivity contribution is 6.45. The average molecular weight is 455 g/mol. The minimum Gasteiger partial charge on any atom is -0.493 e. The molecule has 3 aromatic rings. The van der Waals surface area contributed by atoms with E-state index >= 15 is 0 Å². The number of ether oxygens (including phenoxy) is 1. The second-order valence-electron chi connectivity index (χ2n) is 8.73. The monoisotopic (exact) mass is 454 g/mol. The van der Waals surface area contributed by atoms with Crippen molar-refractivity contribution in [3.63, 3.8) is 0 Å². The first-order valence-electron chi connectivity index (χ1n) is 11.7. The summed E-state index contributed by atoms with van der Waals surface area (Å²) in [4.78, 5) is 30.7. The van der Waals surface area contributed by atoms with Gasteiger partial charge in [-0.3, -0.25) is 9.59 Å². The van der Waals surface area contributed by atoms with Crippen molar-refractivity contribution in [2.45, 2.75) is 27.3 Å². The fourth-order valence-electron chi connectivity index (χ4n) is 4.02. The van der Waals surface area contributed by atoms with Crippen molar-refractivity contribution in [3.05, 3.63) is 102 Å². The number of para-hydroxylation sites is 1. The number of nitrogens with zero attached hydrogens (tertiary/aromatic N) is 2. The van der Waals surface area contributed by atoms with Crippen LogP contribution in [0.1, 0.15) is 31.9 Å². The number of imide groups is 1. The second-order valence-corrected chi connectivity index (χ2v) is 8.73. The van der Waals surface area contributed by atoms with E-state index in [1.54, 1.807) is 12.1 Å². The van der Waals surface area contributed by atoms with Crippen LogP contribution in [0.15, 0.2) is 90.6 Å². The Labute approximate surface area is 201 Å². The minimum atomic E-state index is -0.312. The summed E-state index contributed by atoms with van der Waals surface area (Å²) in [7, 11) is 0. The third-order valence-corrected chi connectivity index (χ3v) is 5.71. The molecule has 0 spiro atoms. The van der Waals surface area contributed by atoms with Gasteiger partial charge in [0, 0.05) is 13.1 Å². The highest BCUT2D eigenvalue weighted by Crippen LogP contribution is 2.35. The van der Waals surface area contributed by atoms with Crippen LogP contribution in [0.3, 0.4) is 0 Å². The topological polar surface area (TPSA) is 49.9 Å². The zero-order valence-electron chi connectivity index (χ0n) is 19.9. The summed E-state index contributed by atoms with van der Waals surface area (Å²) in [6.45, 7) is 7.93. The highest BCUT2D eigenvalue weighted by Gasteiger charge is 2.42. The van der Waals surface area contributed by atoms with Crippen molar-refractivity contribution >= 4 is 23.1 Å². The summed E-state index contributed by atoms with van der Waals surface area (Å²) >= 11 is 0. The van der Waals surface area contributed by atoms with Crippen molar-refractivity contribution in [1.29, 1.82) is 0 Å². The Balaban J connectivity index is 1.75. The van der Waals surface area contributed by atoms with Gasteiger partial charge in [0.05, 0.1) is 17.9 Å². The predicted molar refractivity (Wildman–Crippen MR) is 135 cm³/mol. The smallest absolute Gasteiger partial charge is 0.282 e. The number of benzene rings is 3. The Morgan fingerprint density at radius 2 is 1.44 bits per heavy atom. The van der Waals surface area contributed by atoms with Gasteiger partial charge in [-0.05, 0) is 48.2 Å². The molecule has 0 saturated heterocycles. The molecule has 0 unspecified atom stereocenters. The molecule has 4 rings (SSSR count). The molecule has 0 fully saturated rings. The van der Waals surface area contributed by atoms with Crippen LogP contribution in [0, 0.1) is 5.92 Å². The van der Waals surface area contributed by atoms with E-state index in [0.717, 1.165) is 11.3 Å². The third-order valence-electron chi connectivity index (χ3n) is 5.71. The lowest BCUT2D eigenvalue weighted by atomic mass is 10.0. The van der Waals surface area contributed by atoms with E-state index in [9.17, 15) is 9.59 Å². The normalized spacial score (nSPS) is 13.7. The van der Waals surface area contributed by atoms with Gasteiger partial charge < -0.3 is 9.64 Å². The lowest BCUT2D eigenvalue weighted by molar-refractivity contribution is -0.120. The molecular weight excluding hydrogens is 424 g/mol. The van der Waals surface area contributed by atoms with Crippen molar-refractivity contribution in [3.8, 4) is 5.75 Å². The number of hydrogen-bond donors (Lipinski definition) is 0. The largest absolute Gasteiger partial charge is 0.493 e. The van der Waals surface area contributed by atoms with Crippen LogP contribution in [0.25, 0.3) is 5.57 Å². The minimum absolute atomic E-state index is 0.302. The van der Waals surface area contributed by atoms with Gasteiger partial charge in [-0.25, -0.2) is 4.90 Å². The summed E-state index contributed by atoms with van der Waals surface area (Å²) < 4.78 is 5.81. The molecule has 0 N–H and O–H groups in total. The maximum Gasteiger partial charge on any atom is 0.282 e. The number of anilines is 1. The molecule has 1 aliphatic rings. The Morgan fingerprint density at radius 1 is 0.824 bits per heavy atom. The van der Waals surface area contributed by atoms with E-state index in [2.05, 4.69) is 13.8 Å². The van der Waals surface area contributed by atoms with Crippen LogP contribution >= 0.6 is 0 Å². The maximum atomic E-state index is 13.7. The number of carbonyl (C=O) groups is 2. The van der Waals surface area contributed by atoms with Gasteiger partial charge in [0.25, 0.3) is 11.8 Å². The fourth-order valence-corrected chi connectivity index (χ4v) is 4.02. The second kappa shape index (κ2) is 10.4. The summed E-state index contributed by atoms with van der Waals surface area (Å²) in [5, 5.41) is 0. The van der Waals surface area contributed by atoms with Gasteiger partial charge in [-0.1, -0.05) is 74.5 Å². The fraction of sp³-hybridized carbons (Fsp3) is 0.241. The molecule has 0 radical (unpaired) electrons. The van der Waals surface area contributed by atoms with Crippen molar-refractivity contribution in [2.24, 2.45) is 5.92 Å². The van der Waals surface area contributed by atoms with E-state index in [4.69, 9.17) is 4.74 Å². The number of amides is 2. The van der Waals surface area contributed by atoms with Gasteiger partial charge in [0.15, 0.2) is 0 Å².